The second-order valence-corrected chi connectivity index (χ2v) is 5.04. The van der Waals surface area contributed by atoms with Gasteiger partial charge in [-0.25, -0.2) is 5.43 Å². The zero-order valence-electron chi connectivity index (χ0n) is 11.4. The summed E-state index contributed by atoms with van der Waals surface area (Å²) in [6, 6.07) is 7.92. The van der Waals surface area contributed by atoms with Gasteiger partial charge >= 0.3 is 0 Å². The van der Waals surface area contributed by atoms with E-state index in [9.17, 15) is 0 Å². The molecule has 0 aliphatic carbocycles. The molecule has 0 bridgehead atoms. The predicted octanol–water partition coefficient (Wildman–Crippen LogP) is 2.73. The van der Waals surface area contributed by atoms with Gasteiger partial charge in [0.05, 0.1) is 17.4 Å². The lowest BCUT2D eigenvalue weighted by Crippen LogP contribution is -2.30. The summed E-state index contributed by atoms with van der Waals surface area (Å²) < 4.78 is 1.95. The molecule has 5 heteroatoms. The molecule has 2 rings (SSSR count). The van der Waals surface area contributed by atoms with Crippen LogP contribution in [0.4, 0.5) is 0 Å². The van der Waals surface area contributed by atoms with E-state index in [4.69, 9.17) is 17.4 Å². The van der Waals surface area contributed by atoms with E-state index in [0.717, 1.165) is 34.1 Å². The Bertz CT molecular complexity index is 577. The number of aromatic nitrogens is 2. The standard InChI is InChI=1S/C14H19ClN4/c1-4-19-13(7-10(3)18-19)14(17-16)11-6-5-9(2)12(15)8-11/h5-8,14,17H,4,16H2,1-3H3. The van der Waals surface area contributed by atoms with Crippen molar-refractivity contribution in [2.24, 2.45) is 5.84 Å². The Kier molecular flexibility index (Phi) is 4.24. The van der Waals surface area contributed by atoms with Gasteiger partial charge in [-0.1, -0.05) is 23.7 Å². The number of nitrogens with two attached hydrogens (primary N) is 1. The van der Waals surface area contributed by atoms with E-state index in [2.05, 4.69) is 17.4 Å². The highest BCUT2D eigenvalue weighted by Crippen LogP contribution is 2.26. The van der Waals surface area contributed by atoms with Crippen LogP contribution >= 0.6 is 11.6 Å². The lowest BCUT2D eigenvalue weighted by molar-refractivity contribution is 0.542. The Morgan fingerprint density at radius 3 is 2.68 bits per heavy atom. The monoisotopic (exact) mass is 278 g/mol. The maximum atomic E-state index is 6.19. The molecule has 1 unspecified atom stereocenters. The first-order valence-electron chi connectivity index (χ1n) is 6.33. The Morgan fingerprint density at radius 1 is 1.37 bits per heavy atom. The third-order valence-electron chi connectivity index (χ3n) is 3.22. The molecular weight excluding hydrogens is 260 g/mol. The summed E-state index contributed by atoms with van der Waals surface area (Å²) in [5.41, 5.74) is 6.97. The molecular formula is C14H19ClN4. The lowest BCUT2D eigenvalue weighted by Gasteiger charge is -2.18. The molecule has 3 N–H and O–H groups in total. The number of nitrogens with one attached hydrogen (secondary N) is 1. The highest BCUT2D eigenvalue weighted by atomic mass is 35.5. The highest BCUT2D eigenvalue weighted by Gasteiger charge is 2.18. The number of hydrogen-bond acceptors (Lipinski definition) is 3. The molecule has 0 fully saturated rings. The fraction of sp³-hybridized carbons (Fsp3) is 0.357. The average Bonchev–Trinajstić information content (AvgIpc) is 2.76. The van der Waals surface area contributed by atoms with Crippen LogP contribution in [0, 0.1) is 13.8 Å². The fourth-order valence-electron chi connectivity index (χ4n) is 2.19. The first-order valence-corrected chi connectivity index (χ1v) is 6.71. The third-order valence-corrected chi connectivity index (χ3v) is 3.63. The molecule has 4 nitrogen and oxygen atoms in total. The van der Waals surface area contributed by atoms with E-state index in [-0.39, 0.29) is 6.04 Å². The van der Waals surface area contributed by atoms with Crippen molar-refractivity contribution in [2.75, 3.05) is 0 Å². The minimum atomic E-state index is -0.112. The van der Waals surface area contributed by atoms with Gasteiger partial charge in [0.15, 0.2) is 0 Å². The summed E-state index contributed by atoms with van der Waals surface area (Å²) >= 11 is 6.19. The SMILES string of the molecule is CCn1nc(C)cc1C(NN)c1ccc(C)c(Cl)c1. The van der Waals surface area contributed by atoms with Crippen molar-refractivity contribution < 1.29 is 0 Å². The summed E-state index contributed by atoms with van der Waals surface area (Å²) in [6.07, 6.45) is 0. The van der Waals surface area contributed by atoms with Crippen molar-refractivity contribution in [3.63, 3.8) is 0 Å². The van der Waals surface area contributed by atoms with Gasteiger partial charge in [0.25, 0.3) is 0 Å². The van der Waals surface area contributed by atoms with Gasteiger partial charge in [0, 0.05) is 11.6 Å². The molecule has 0 aliphatic rings. The first-order chi connectivity index (χ1) is 9.06. The lowest BCUT2D eigenvalue weighted by atomic mass is 10.0. The molecule has 0 saturated heterocycles. The third kappa shape index (κ3) is 2.81. The van der Waals surface area contributed by atoms with Crippen LogP contribution < -0.4 is 11.3 Å². The minimum Gasteiger partial charge on any atom is -0.271 e. The number of benzene rings is 1. The molecule has 1 aromatic heterocycles. The zero-order valence-corrected chi connectivity index (χ0v) is 12.2. The van der Waals surface area contributed by atoms with Crippen LogP contribution in [-0.4, -0.2) is 9.78 Å². The average molecular weight is 279 g/mol. The molecule has 0 amide bonds. The minimum absolute atomic E-state index is 0.112. The van der Waals surface area contributed by atoms with E-state index in [1.165, 1.54) is 0 Å². The number of aryl methyl sites for hydroxylation is 3. The Morgan fingerprint density at radius 2 is 2.11 bits per heavy atom. The number of hydrazine groups is 1. The highest BCUT2D eigenvalue weighted by molar-refractivity contribution is 6.31. The van der Waals surface area contributed by atoms with Gasteiger partial charge < -0.3 is 0 Å². The molecule has 2 aromatic rings. The summed E-state index contributed by atoms with van der Waals surface area (Å²) in [7, 11) is 0. The van der Waals surface area contributed by atoms with Crippen LogP contribution in [0.3, 0.4) is 0 Å². The first kappa shape index (κ1) is 14.1. The van der Waals surface area contributed by atoms with Gasteiger partial charge in [-0.3, -0.25) is 10.5 Å². The summed E-state index contributed by atoms with van der Waals surface area (Å²) in [6.45, 7) is 6.83. The van der Waals surface area contributed by atoms with Crippen LogP contribution in [-0.2, 0) is 6.54 Å². The maximum Gasteiger partial charge on any atom is 0.0878 e. The van der Waals surface area contributed by atoms with Gasteiger partial charge in [-0.05, 0) is 44.0 Å². The molecule has 1 atom stereocenters. The molecule has 0 spiro atoms. The zero-order chi connectivity index (χ0) is 14.0. The Labute approximate surface area is 118 Å². The van der Waals surface area contributed by atoms with Gasteiger partial charge in [-0.15, -0.1) is 0 Å². The number of halogens is 1. The van der Waals surface area contributed by atoms with Crippen molar-refractivity contribution in [1.29, 1.82) is 0 Å². The van der Waals surface area contributed by atoms with E-state index in [0.29, 0.717) is 0 Å². The summed E-state index contributed by atoms with van der Waals surface area (Å²) in [5.74, 6) is 5.72. The van der Waals surface area contributed by atoms with Crippen molar-refractivity contribution in [2.45, 2.75) is 33.4 Å². The largest absolute Gasteiger partial charge is 0.271 e. The molecule has 1 aromatic carbocycles. The quantitative estimate of drug-likeness (QED) is 0.668. The fourth-order valence-corrected chi connectivity index (χ4v) is 2.38. The molecule has 102 valence electrons. The van der Waals surface area contributed by atoms with Gasteiger partial charge in [0.2, 0.25) is 0 Å². The summed E-state index contributed by atoms with van der Waals surface area (Å²) in [5, 5.41) is 5.20. The Balaban J connectivity index is 2.46. The number of rotatable bonds is 4. The van der Waals surface area contributed by atoms with E-state index in [1.807, 2.05) is 42.8 Å². The molecule has 0 radical (unpaired) electrons. The van der Waals surface area contributed by atoms with Crippen molar-refractivity contribution >= 4 is 11.6 Å². The van der Waals surface area contributed by atoms with Crippen LogP contribution in [0.25, 0.3) is 0 Å². The molecule has 0 aliphatic heterocycles. The van der Waals surface area contributed by atoms with Crippen LogP contribution in [0.1, 0.15) is 35.5 Å². The molecule has 0 saturated carbocycles. The van der Waals surface area contributed by atoms with E-state index >= 15 is 0 Å². The normalized spacial score (nSPS) is 12.7. The summed E-state index contributed by atoms with van der Waals surface area (Å²) in [4.78, 5) is 0. The maximum absolute atomic E-state index is 6.19. The topological polar surface area (TPSA) is 55.9 Å². The second kappa shape index (κ2) is 5.74. The van der Waals surface area contributed by atoms with Crippen LogP contribution in [0.5, 0.6) is 0 Å². The second-order valence-electron chi connectivity index (χ2n) is 4.63. The van der Waals surface area contributed by atoms with Gasteiger partial charge in [0.1, 0.15) is 0 Å². The van der Waals surface area contributed by atoms with Crippen LogP contribution in [0.15, 0.2) is 24.3 Å². The van der Waals surface area contributed by atoms with Crippen molar-refractivity contribution in [1.82, 2.24) is 15.2 Å². The number of hydrogen-bond donors (Lipinski definition) is 2. The Hall–Kier alpha value is -1.36. The van der Waals surface area contributed by atoms with E-state index < -0.39 is 0 Å². The molecule has 1 heterocycles. The van der Waals surface area contributed by atoms with Gasteiger partial charge in [-0.2, -0.15) is 5.10 Å². The van der Waals surface area contributed by atoms with E-state index in [1.54, 1.807) is 0 Å². The predicted molar refractivity (Wildman–Crippen MR) is 78.0 cm³/mol. The van der Waals surface area contributed by atoms with Crippen molar-refractivity contribution in [3.8, 4) is 0 Å². The molecule has 19 heavy (non-hydrogen) atoms. The number of nitrogens with zero attached hydrogens (tertiary/aromatic N) is 2. The smallest absolute Gasteiger partial charge is 0.0878 e. The van der Waals surface area contributed by atoms with Crippen molar-refractivity contribution in [3.05, 3.63) is 51.8 Å². The van der Waals surface area contributed by atoms with Crippen LogP contribution in [0.2, 0.25) is 5.02 Å².